The summed E-state index contributed by atoms with van der Waals surface area (Å²) in [4.78, 5) is 85.7. The van der Waals surface area contributed by atoms with Crippen LogP contribution < -0.4 is 23.7 Å². The zero-order chi connectivity index (χ0) is 61.7. The van der Waals surface area contributed by atoms with Crippen molar-refractivity contribution in [2.24, 2.45) is 0 Å². The van der Waals surface area contributed by atoms with Gasteiger partial charge in [0.1, 0.15) is 47.7 Å². The van der Waals surface area contributed by atoms with E-state index in [9.17, 15) is 38.4 Å². The van der Waals surface area contributed by atoms with Gasteiger partial charge in [-0.15, -0.1) is 0 Å². The monoisotopic (exact) mass is 1160 g/mol. The van der Waals surface area contributed by atoms with Gasteiger partial charge in [-0.1, -0.05) is 24.3 Å². The van der Waals surface area contributed by atoms with E-state index in [-0.39, 0.29) is 57.7 Å². The maximum absolute atomic E-state index is 10.7. The maximum Gasteiger partial charge on any atom is 0.335 e. The molecule has 0 heterocycles. The SMILES string of the molecule is O=C(O)c1ccc(CCc2ccc(C(=O)O)cc2)cc1.O=C(O)c1ccc(OCCCCOc2ccc(C(=O)O)cc2)cc1.O=C(O)c1ccc(OCCOc2ccc(C(=O)O)cc2)cc1.O=C(O)c1ccc(Oc2ccc(C(=O)O)cc2)cc1. The van der Waals surface area contributed by atoms with Gasteiger partial charge in [0, 0.05) is 0 Å². The van der Waals surface area contributed by atoms with Crippen LogP contribution >= 0.6 is 0 Å². The predicted molar refractivity (Wildman–Crippen MR) is 306 cm³/mol. The number of carboxylic acid groups (broad SMARTS) is 8. The van der Waals surface area contributed by atoms with Crippen molar-refractivity contribution in [3.63, 3.8) is 0 Å². The van der Waals surface area contributed by atoms with Crippen LogP contribution in [0, 0.1) is 0 Å². The Balaban J connectivity index is 0.000000208. The molecule has 0 fully saturated rings. The second-order valence-corrected chi connectivity index (χ2v) is 17.7. The van der Waals surface area contributed by atoms with Crippen LogP contribution in [0.3, 0.4) is 0 Å². The first-order valence-electron chi connectivity index (χ1n) is 25.6. The molecule has 0 amide bonds. The van der Waals surface area contributed by atoms with E-state index in [1.807, 2.05) is 0 Å². The molecular formula is C64H56O21. The third kappa shape index (κ3) is 22.9. The summed E-state index contributed by atoms with van der Waals surface area (Å²) in [7, 11) is 0. The Hall–Kier alpha value is -11.5. The molecule has 85 heavy (non-hydrogen) atoms. The molecule has 0 radical (unpaired) electrons. The van der Waals surface area contributed by atoms with Crippen molar-refractivity contribution < 1.29 is 103 Å². The van der Waals surface area contributed by atoms with E-state index in [1.165, 1.54) is 97.1 Å². The lowest BCUT2D eigenvalue weighted by Crippen LogP contribution is -2.09. The number of carboxylic acids is 8. The zero-order valence-corrected chi connectivity index (χ0v) is 45.0. The molecule has 0 saturated heterocycles. The molecule has 21 heteroatoms. The second kappa shape index (κ2) is 33.3. The molecule has 8 rings (SSSR count). The van der Waals surface area contributed by atoms with Crippen LogP contribution in [0.25, 0.3) is 0 Å². The molecule has 0 aliphatic carbocycles. The molecule has 0 unspecified atom stereocenters. The fraction of sp³-hybridized carbons (Fsp3) is 0.125. The molecule has 0 saturated carbocycles. The molecule has 8 aromatic rings. The Kier molecular flexibility index (Phi) is 25.2. The number of hydrogen-bond acceptors (Lipinski definition) is 13. The summed E-state index contributed by atoms with van der Waals surface area (Å²) < 4.78 is 27.3. The van der Waals surface area contributed by atoms with Gasteiger partial charge in [-0.05, 0) is 207 Å². The Labute approximate surface area is 485 Å². The van der Waals surface area contributed by atoms with Crippen molar-refractivity contribution in [2.45, 2.75) is 25.7 Å². The molecule has 8 N–H and O–H groups in total. The number of hydrogen-bond donors (Lipinski definition) is 8. The van der Waals surface area contributed by atoms with E-state index in [0.717, 1.165) is 36.8 Å². The summed E-state index contributed by atoms with van der Waals surface area (Å²) in [6, 6.07) is 50.1. The van der Waals surface area contributed by atoms with Crippen molar-refractivity contribution in [2.75, 3.05) is 26.4 Å². The molecule has 438 valence electrons. The fourth-order valence-corrected chi connectivity index (χ4v) is 7.06. The van der Waals surface area contributed by atoms with Gasteiger partial charge in [0.2, 0.25) is 0 Å². The van der Waals surface area contributed by atoms with Crippen molar-refractivity contribution in [3.05, 3.63) is 250 Å². The Morgan fingerprint density at radius 3 is 0.576 bits per heavy atom. The molecular weight excluding hydrogens is 1100 g/mol. The van der Waals surface area contributed by atoms with E-state index in [4.69, 9.17) is 64.5 Å². The van der Waals surface area contributed by atoms with E-state index < -0.39 is 47.8 Å². The maximum atomic E-state index is 10.7. The smallest absolute Gasteiger partial charge is 0.335 e. The standard InChI is InChI=1S/C18H18O6.C16H14O6.C16H14O4.C14H10O5/c19-17(20)13-3-7-15(8-4-13)23-11-1-2-12-24-16-9-5-14(6-10-16)18(21)22;17-15(18)11-1-5-13(6-2-11)21-9-10-22-14-7-3-12(4-8-14)16(19)20;17-15(18)13-7-3-11(4-8-13)1-2-12-5-9-14(10-6-12)16(19)20;15-13(16)9-1-5-11(6-2-9)19-12-7-3-10(4-8-12)14(17)18/h3-10H,1-2,11-12H2,(H,19,20)(H,21,22);1-8H,9-10H2,(H,17,18)(H,19,20);3-10H,1-2H2,(H,17,18)(H,19,20);1-8H,(H,15,16)(H,17,18). The van der Waals surface area contributed by atoms with Gasteiger partial charge in [-0.3, -0.25) is 0 Å². The van der Waals surface area contributed by atoms with Crippen molar-refractivity contribution in [3.8, 4) is 34.5 Å². The van der Waals surface area contributed by atoms with Gasteiger partial charge < -0.3 is 64.5 Å². The summed E-state index contributed by atoms with van der Waals surface area (Å²) in [5.74, 6) is -4.44. The second-order valence-electron chi connectivity index (χ2n) is 17.7. The normalized spacial score (nSPS) is 10.1. The third-order valence-corrected chi connectivity index (χ3v) is 11.6. The van der Waals surface area contributed by atoms with Crippen molar-refractivity contribution in [1.29, 1.82) is 0 Å². The summed E-state index contributed by atoms with van der Waals surface area (Å²) in [5, 5.41) is 70.3. The Morgan fingerprint density at radius 1 is 0.224 bits per heavy atom. The minimum absolute atomic E-state index is 0.175. The van der Waals surface area contributed by atoms with Crippen LogP contribution in [0.5, 0.6) is 34.5 Å². The minimum atomic E-state index is -1.00. The van der Waals surface area contributed by atoms with Crippen LogP contribution in [-0.4, -0.2) is 115 Å². The highest BCUT2D eigenvalue weighted by Crippen LogP contribution is 2.23. The molecule has 0 spiro atoms. The van der Waals surface area contributed by atoms with E-state index in [1.54, 1.807) is 97.1 Å². The van der Waals surface area contributed by atoms with Gasteiger partial charge in [0.15, 0.2) is 0 Å². The molecule has 8 aromatic carbocycles. The minimum Gasteiger partial charge on any atom is -0.494 e. The van der Waals surface area contributed by atoms with Crippen LogP contribution in [0.1, 0.15) is 107 Å². The lowest BCUT2D eigenvalue weighted by molar-refractivity contribution is 0.0686. The molecule has 0 aliphatic rings. The number of ether oxygens (including phenoxy) is 5. The molecule has 0 aliphatic heterocycles. The molecule has 0 aromatic heterocycles. The largest absolute Gasteiger partial charge is 0.494 e. The highest BCUT2D eigenvalue weighted by molar-refractivity contribution is 5.91. The first-order valence-corrected chi connectivity index (χ1v) is 25.6. The lowest BCUT2D eigenvalue weighted by atomic mass is 10.0. The predicted octanol–water partition coefficient (Wildman–Crippen LogP) is 11.6. The Morgan fingerprint density at radius 2 is 0.388 bits per heavy atom. The van der Waals surface area contributed by atoms with Gasteiger partial charge in [-0.25, -0.2) is 38.4 Å². The van der Waals surface area contributed by atoms with E-state index in [0.29, 0.717) is 47.7 Å². The number of rotatable bonds is 25. The molecule has 0 atom stereocenters. The van der Waals surface area contributed by atoms with Gasteiger partial charge >= 0.3 is 47.8 Å². The van der Waals surface area contributed by atoms with Crippen LogP contribution in [-0.2, 0) is 12.8 Å². The average Bonchev–Trinajstić information content (AvgIpc) is 3.55. The first kappa shape index (κ1) is 64.3. The molecule has 21 nitrogen and oxygen atoms in total. The number of unbranched alkanes of at least 4 members (excludes halogenated alkanes) is 1. The van der Waals surface area contributed by atoms with Gasteiger partial charge in [0.05, 0.1) is 57.7 Å². The topological polar surface area (TPSA) is 345 Å². The van der Waals surface area contributed by atoms with E-state index in [2.05, 4.69) is 0 Å². The number of carbonyl (C=O) groups is 8. The van der Waals surface area contributed by atoms with E-state index >= 15 is 0 Å². The summed E-state index contributed by atoms with van der Waals surface area (Å²) in [6.07, 6.45) is 3.14. The fourth-order valence-electron chi connectivity index (χ4n) is 7.06. The van der Waals surface area contributed by atoms with Gasteiger partial charge in [0.25, 0.3) is 0 Å². The Bertz CT molecular complexity index is 3240. The molecule has 0 bridgehead atoms. The van der Waals surface area contributed by atoms with Crippen LogP contribution in [0.2, 0.25) is 0 Å². The quantitative estimate of drug-likeness (QED) is 0.0246. The zero-order valence-electron chi connectivity index (χ0n) is 45.0. The lowest BCUT2D eigenvalue weighted by Gasteiger charge is -2.08. The van der Waals surface area contributed by atoms with Crippen molar-refractivity contribution in [1.82, 2.24) is 0 Å². The summed E-state index contributed by atoms with van der Waals surface area (Å²) in [6.45, 7) is 1.58. The van der Waals surface area contributed by atoms with Crippen molar-refractivity contribution >= 4 is 47.8 Å². The van der Waals surface area contributed by atoms with Crippen LogP contribution in [0.4, 0.5) is 0 Å². The number of aryl methyl sites for hydroxylation is 2. The van der Waals surface area contributed by atoms with Gasteiger partial charge in [-0.2, -0.15) is 0 Å². The highest BCUT2D eigenvalue weighted by Gasteiger charge is 2.09. The highest BCUT2D eigenvalue weighted by atomic mass is 16.5. The number of benzene rings is 8. The summed E-state index contributed by atoms with van der Waals surface area (Å²) >= 11 is 0. The van der Waals surface area contributed by atoms with Crippen LogP contribution in [0.15, 0.2) is 194 Å². The average molecular weight is 1160 g/mol. The third-order valence-electron chi connectivity index (χ3n) is 11.6. The summed E-state index contributed by atoms with van der Waals surface area (Å²) in [5.41, 5.74) is 3.86. The number of aromatic carboxylic acids is 8. The first-order chi connectivity index (χ1) is 40.7.